The average molecular weight is 271 g/mol. The van der Waals surface area contributed by atoms with Crippen molar-refractivity contribution < 1.29 is 9.84 Å². The number of aliphatic hydroxyl groups excluding tert-OH is 1. The van der Waals surface area contributed by atoms with E-state index < -0.39 is 6.10 Å². The van der Waals surface area contributed by atoms with Crippen molar-refractivity contribution in [2.24, 2.45) is 0 Å². The maximum atomic E-state index is 10.1. The highest BCUT2D eigenvalue weighted by atomic mass is 16.5. The summed E-state index contributed by atoms with van der Waals surface area (Å²) in [6, 6.07) is 17.8. The van der Waals surface area contributed by atoms with Crippen molar-refractivity contribution in [3.63, 3.8) is 0 Å². The molecule has 106 valence electrons. The van der Waals surface area contributed by atoms with Gasteiger partial charge < -0.3 is 15.2 Å². The second kappa shape index (κ2) is 7.68. The fraction of sp³-hybridized carbons (Fsp3) is 0.294. The summed E-state index contributed by atoms with van der Waals surface area (Å²) >= 11 is 0. The van der Waals surface area contributed by atoms with Crippen LogP contribution in [-0.2, 0) is 6.54 Å². The molecule has 0 aliphatic heterocycles. The van der Waals surface area contributed by atoms with Gasteiger partial charge in [-0.1, -0.05) is 42.5 Å². The van der Waals surface area contributed by atoms with Crippen LogP contribution < -0.4 is 10.1 Å². The van der Waals surface area contributed by atoms with Gasteiger partial charge in [-0.25, -0.2) is 0 Å². The van der Waals surface area contributed by atoms with Gasteiger partial charge in [-0.2, -0.15) is 0 Å². The Labute approximate surface area is 120 Å². The van der Waals surface area contributed by atoms with Gasteiger partial charge >= 0.3 is 0 Å². The lowest BCUT2D eigenvalue weighted by Crippen LogP contribution is -2.17. The van der Waals surface area contributed by atoms with E-state index in [1.54, 1.807) is 7.11 Å². The number of methoxy groups -OCH3 is 1. The number of hydrogen-bond acceptors (Lipinski definition) is 3. The summed E-state index contributed by atoms with van der Waals surface area (Å²) in [5.74, 6) is 0.808. The molecule has 2 N–H and O–H groups in total. The molecule has 2 rings (SSSR count). The van der Waals surface area contributed by atoms with Gasteiger partial charge in [-0.15, -0.1) is 0 Å². The zero-order chi connectivity index (χ0) is 14.2. The molecule has 0 unspecified atom stereocenters. The lowest BCUT2D eigenvalue weighted by atomic mass is 10.1. The van der Waals surface area contributed by atoms with Crippen LogP contribution in [-0.4, -0.2) is 18.8 Å². The molecule has 0 radical (unpaired) electrons. The first-order valence-corrected chi connectivity index (χ1v) is 6.86. The topological polar surface area (TPSA) is 41.5 Å². The summed E-state index contributed by atoms with van der Waals surface area (Å²) in [6.45, 7) is 1.61. The highest BCUT2D eigenvalue weighted by Crippen LogP contribution is 2.19. The van der Waals surface area contributed by atoms with Crippen molar-refractivity contribution in [1.82, 2.24) is 5.32 Å². The molecule has 0 bridgehead atoms. The van der Waals surface area contributed by atoms with Crippen molar-refractivity contribution in [3.05, 3.63) is 65.7 Å². The standard InChI is InChI=1S/C17H21NO2/c1-20-16-9-7-15(8-10-16)17(19)11-12-18-13-14-5-3-2-4-6-14/h2-10,17-19H,11-13H2,1H3/t17-/m1/s1. The van der Waals surface area contributed by atoms with Gasteiger partial charge in [0.1, 0.15) is 5.75 Å². The van der Waals surface area contributed by atoms with Gasteiger partial charge in [0.2, 0.25) is 0 Å². The molecule has 0 aliphatic rings. The van der Waals surface area contributed by atoms with Gasteiger partial charge in [0.25, 0.3) is 0 Å². The Hall–Kier alpha value is -1.84. The number of ether oxygens (including phenoxy) is 1. The first kappa shape index (κ1) is 14.6. The molecule has 1 atom stereocenters. The van der Waals surface area contributed by atoms with Crippen LogP contribution in [0.25, 0.3) is 0 Å². The van der Waals surface area contributed by atoms with Crippen molar-refractivity contribution in [1.29, 1.82) is 0 Å². The van der Waals surface area contributed by atoms with E-state index in [1.807, 2.05) is 42.5 Å². The molecule has 0 saturated carbocycles. The number of benzene rings is 2. The minimum absolute atomic E-state index is 0.441. The molecule has 20 heavy (non-hydrogen) atoms. The second-order valence-electron chi connectivity index (χ2n) is 4.74. The molecule has 3 heteroatoms. The summed E-state index contributed by atoms with van der Waals surface area (Å²) in [5, 5.41) is 13.4. The zero-order valence-corrected chi connectivity index (χ0v) is 11.8. The fourth-order valence-corrected chi connectivity index (χ4v) is 2.06. The lowest BCUT2D eigenvalue weighted by Gasteiger charge is -2.12. The second-order valence-corrected chi connectivity index (χ2v) is 4.74. The highest BCUT2D eigenvalue weighted by Gasteiger charge is 2.06. The Balaban J connectivity index is 1.73. The summed E-state index contributed by atoms with van der Waals surface area (Å²) in [5.41, 5.74) is 2.18. The molecule has 0 heterocycles. The summed E-state index contributed by atoms with van der Waals surface area (Å²) in [6.07, 6.45) is 0.253. The van der Waals surface area contributed by atoms with Gasteiger partial charge in [0.15, 0.2) is 0 Å². The van der Waals surface area contributed by atoms with Crippen LogP contribution in [0.2, 0.25) is 0 Å². The molecule has 3 nitrogen and oxygen atoms in total. The first-order valence-electron chi connectivity index (χ1n) is 6.86. The summed E-state index contributed by atoms with van der Waals surface area (Å²) < 4.78 is 5.10. The maximum Gasteiger partial charge on any atom is 0.118 e. The van der Waals surface area contributed by atoms with Gasteiger partial charge in [-0.05, 0) is 36.2 Å². The van der Waals surface area contributed by atoms with Crippen molar-refractivity contribution >= 4 is 0 Å². The normalized spacial score (nSPS) is 12.1. The summed E-state index contributed by atoms with van der Waals surface area (Å²) in [7, 11) is 1.64. The predicted octanol–water partition coefficient (Wildman–Crippen LogP) is 2.91. The van der Waals surface area contributed by atoms with Crippen LogP contribution in [0.1, 0.15) is 23.7 Å². The largest absolute Gasteiger partial charge is 0.497 e. The molecule has 0 spiro atoms. The van der Waals surface area contributed by atoms with E-state index in [1.165, 1.54) is 5.56 Å². The lowest BCUT2D eigenvalue weighted by molar-refractivity contribution is 0.166. The third-order valence-corrected chi connectivity index (χ3v) is 3.27. The van der Waals surface area contributed by atoms with E-state index in [0.717, 1.165) is 24.4 Å². The Bertz CT molecular complexity index is 496. The number of hydrogen-bond donors (Lipinski definition) is 2. The fourth-order valence-electron chi connectivity index (χ4n) is 2.06. The number of aliphatic hydroxyl groups is 1. The molecule has 2 aromatic carbocycles. The van der Waals surface area contributed by atoms with Gasteiger partial charge in [0, 0.05) is 6.54 Å². The van der Waals surface area contributed by atoms with Crippen molar-refractivity contribution in [2.45, 2.75) is 19.1 Å². The van der Waals surface area contributed by atoms with Crippen molar-refractivity contribution in [3.8, 4) is 5.75 Å². The van der Waals surface area contributed by atoms with Crippen LogP contribution in [0, 0.1) is 0 Å². The van der Waals surface area contributed by atoms with E-state index in [9.17, 15) is 5.11 Å². The molecular weight excluding hydrogens is 250 g/mol. The number of rotatable bonds is 7. The van der Waals surface area contributed by atoms with E-state index in [4.69, 9.17) is 4.74 Å². The Kier molecular flexibility index (Phi) is 5.59. The predicted molar refractivity (Wildman–Crippen MR) is 80.7 cm³/mol. The van der Waals surface area contributed by atoms with E-state index in [0.29, 0.717) is 6.42 Å². The third-order valence-electron chi connectivity index (χ3n) is 3.27. The Morgan fingerprint density at radius 2 is 1.75 bits per heavy atom. The van der Waals surface area contributed by atoms with Crippen molar-refractivity contribution in [2.75, 3.05) is 13.7 Å². The molecule has 0 fully saturated rings. The van der Waals surface area contributed by atoms with E-state index in [2.05, 4.69) is 17.4 Å². The maximum absolute atomic E-state index is 10.1. The molecular formula is C17H21NO2. The van der Waals surface area contributed by atoms with Crippen LogP contribution in [0.4, 0.5) is 0 Å². The van der Waals surface area contributed by atoms with E-state index >= 15 is 0 Å². The van der Waals surface area contributed by atoms with Crippen LogP contribution in [0.5, 0.6) is 5.75 Å². The molecule has 0 aromatic heterocycles. The first-order chi connectivity index (χ1) is 9.79. The van der Waals surface area contributed by atoms with Crippen LogP contribution >= 0.6 is 0 Å². The molecule has 0 aliphatic carbocycles. The van der Waals surface area contributed by atoms with Gasteiger partial charge in [0.05, 0.1) is 13.2 Å². The molecule has 2 aromatic rings. The number of nitrogens with one attached hydrogen (secondary N) is 1. The molecule has 0 amide bonds. The average Bonchev–Trinajstić information content (AvgIpc) is 2.52. The zero-order valence-electron chi connectivity index (χ0n) is 11.8. The Morgan fingerprint density at radius 3 is 2.40 bits per heavy atom. The Morgan fingerprint density at radius 1 is 1.05 bits per heavy atom. The minimum atomic E-state index is -0.441. The smallest absolute Gasteiger partial charge is 0.118 e. The quantitative estimate of drug-likeness (QED) is 0.761. The summed E-state index contributed by atoms with van der Waals surface area (Å²) in [4.78, 5) is 0. The SMILES string of the molecule is COc1ccc([C@H](O)CCNCc2ccccc2)cc1. The van der Waals surface area contributed by atoms with Gasteiger partial charge in [-0.3, -0.25) is 0 Å². The van der Waals surface area contributed by atoms with Crippen LogP contribution in [0.3, 0.4) is 0 Å². The van der Waals surface area contributed by atoms with Crippen LogP contribution in [0.15, 0.2) is 54.6 Å². The van der Waals surface area contributed by atoms with E-state index in [-0.39, 0.29) is 0 Å². The monoisotopic (exact) mass is 271 g/mol. The minimum Gasteiger partial charge on any atom is -0.497 e. The molecule has 0 saturated heterocycles. The highest BCUT2D eigenvalue weighted by molar-refractivity contribution is 5.28. The third kappa shape index (κ3) is 4.37.